The average molecular weight is 1670 g/mol. The standard InChI is InChI=1S/C18H20.5C17H19N.6C2H6.4CH4/c1-12-9-10-14-11-13-7-5-6-8-15(13)16(14)17(12)18(2,3)4;1-11-7-15-12(9-16(11)17(2,3)4)8-13-10-18-6-5-14(13)15;1-11-7-14-13(9-16(11)17(2,3)4)8-12-5-6-18-10-15(12)14;1-11-7-8-12-10-14-13(6-5-9-18-14)15(12)16(11)17(2,3)4;1-11-8-14-12(9-15(11)17(2,3)4)10-16-13(14)6-5-7-18-16;1-11-8-14-13(10-15(11)17(2,3)4)9-12-6-5-7-18-16(12)14;6*1-2;;;;/h5-10H,11H2,1-4H3;2*5-7,9-10H,8H2,1-4H3;2*5-9H,10H2,1-4H3;5-8,10H,9H2,1-4H3;6*1-2H3;4*1H4. The van der Waals surface area contributed by atoms with Crippen LogP contribution in [-0.4, -0.2) is 24.9 Å². The zero-order chi connectivity index (χ0) is 89.5. The molecule has 0 atom stereocenters. The van der Waals surface area contributed by atoms with Crippen molar-refractivity contribution in [2.24, 2.45) is 0 Å². The van der Waals surface area contributed by atoms with Crippen LogP contribution in [0.3, 0.4) is 0 Å². The van der Waals surface area contributed by atoms with Gasteiger partial charge in [0.05, 0.1) is 17.1 Å². The van der Waals surface area contributed by atoms with E-state index in [4.69, 9.17) is 0 Å². The third-order valence-corrected chi connectivity index (χ3v) is 22.9. The van der Waals surface area contributed by atoms with E-state index in [1.165, 1.54) is 201 Å². The first-order valence-electron chi connectivity index (χ1n) is 45.4. The van der Waals surface area contributed by atoms with Gasteiger partial charge in [-0.15, -0.1) is 0 Å². The minimum Gasteiger partial charge on any atom is -0.264 e. The molecule has 5 heteroatoms. The van der Waals surface area contributed by atoms with E-state index in [1.54, 1.807) is 0 Å². The van der Waals surface area contributed by atoms with Gasteiger partial charge >= 0.3 is 0 Å². The smallest absolute Gasteiger partial charge is 0.0740 e. The van der Waals surface area contributed by atoms with Gasteiger partial charge < -0.3 is 0 Å². The Morgan fingerprint density at radius 3 is 1.02 bits per heavy atom. The maximum atomic E-state index is 4.53. The van der Waals surface area contributed by atoms with Crippen LogP contribution in [0.4, 0.5) is 0 Å². The zero-order valence-electron chi connectivity index (χ0n) is 81.4. The van der Waals surface area contributed by atoms with Gasteiger partial charge in [0.2, 0.25) is 0 Å². The van der Waals surface area contributed by atoms with Gasteiger partial charge in [0.25, 0.3) is 0 Å². The van der Waals surface area contributed by atoms with Gasteiger partial charge in [-0.05, 0) is 285 Å². The van der Waals surface area contributed by atoms with Crippen molar-refractivity contribution >= 4 is 0 Å². The van der Waals surface area contributed by atoms with E-state index in [1.807, 2.05) is 145 Å². The Balaban J connectivity index is 0.000000372. The Morgan fingerprint density at radius 2 is 0.540 bits per heavy atom. The predicted octanol–water partition coefficient (Wildman–Crippen LogP) is 34.9. The van der Waals surface area contributed by atoms with Crippen LogP contribution in [0.1, 0.15) is 371 Å². The van der Waals surface area contributed by atoms with Crippen LogP contribution in [0.2, 0.25) is 0 Å². The van der Waals surface area contributed by atoms with Crippen molar-refractivity contribution in [3.8, 4) is 66.9 Å². The first kappa shape index (κ1) is 108. The van der Waals surface area contributed by atoms with Crippen molar-refractivity contribution in [3.63, 3.8) is 0 Å². The summed E-state index contributed by atoms with van der Waals surface area (Å²) in [4.78, 5) is 22.0. The summed E-state index contributed by atoms with van der Waals surface area (Å²) in [6, 6.07) is 53.8. The summed E-state index contributed by atoms with van der Waals surface area (Å²) in [5.74, 6) is 0. The van der Waals surface area contributed by atoms with Gasteiger partial charge in [-0.2, -0.15) is 0 Å². The van der Waals surface area contributed by atoms with Crippen LogP contribution in [0, 0.1) is 41.5 Å². The molecule has 0 saturated carbocycles. The Hall–Kier alpha value is -9.71. The van der Waals surface area contributed by atoms with Gasteiger partial charge in [0.15, 0.2) is 0 Å². The van der Waals surface area contributed by atoms with E-state index in [0.717, 1.165) is 38.5 Å². The number of aromatic nitrogens is 5. The lowest BCUT2D eigenvalue weighted by atomic mass is 9.79. The summed E-state index contributed by atoms with van der Waals surface area (Å²) in [5.41, 5.74) is 51.5. The SMILES string of the molecule is C.C.C.C.CC.CC.CC.CC.CC.CC.Cc1cc2c(cc1C(C)(C)C)Cc1cccnc1-2.Cc1cc2c(cc1C(C)(C)C)Cc1ccncc1-2.Cc1cc2c(cc1C(C)(C)C)Cc1cnccc1-2.Cc1cc2c(cc1C(C)(C)C)Cc1ncccc1-2.Cc1ccc2c(c1C(C)(C)C)-c1ccccc1C2.Cc1ccc2c(c1C(C)(C)C)-c1cccnc1C2. The zero-order valence-corrected chi connectivity index (χ0v) is 81.4. The number of nitrogens with zero attached hydrogens (tertiary/aromatic N) is 5. The predicted molar refractivity (Wildman–Crippen MR) is 553 cm³/mol. The van der Waals surface area contributed by atoms with Crippen LogP contribution in [0.5, 0.6) is 0 Å². The highest BCUT2D eigenvalue weighted by atomic mass is 14.7. The summed E-state index contributed by atoms with van der Waals surface area (Å²) < 4.78 is 0. The molecule has 0 amide bonds. The highest BCUT2D eigenvalue weighted by Crippen LogP contribution is 2.48. The van der Waals surface area contributed by atoms with E-state index in [-0.39, 0.29) is 62.2 Å². The maximum absolute atomic E-state index is 4.53. The molecule has 0 bridgehead atoms. The average Bonchev–Trinajstić information content (AvgIpc) is 1.61. The van der Waals surface area contributed by atoms with Gasteiger partial charge in [-0.25, -0.2) is 0 Å². The molecule has 124 heavy (non-hydrogen) atoms. The van der Waals surface area contributed by atoms with E-state index in [0.29, 0.717) is 0 Å². The molecule has 0 fully saturated rings. The Kier molecular flexibility index (Phi) is 40.2. The molecule has 12 aromatic rings. The maximum Gasteiger partial charge on any atom is 0.0740 e. The molecule has 0 saturated heterocycles. The second kappa shape index (κ2) is 46.0. The molecule has 6 aliphatic carbocycles. The summed E-state index contributed by atoms with van der Waals surface area (Å²) in [7, 11) is 0. The minimum absolute atomic E-state index is 0. The monoisotopic (exact) mass is 1670 g/mol. The molecular formula is C119H167N5. The van der Waals surface area contributed by atoms with Crippen LogP contribution >= 0.6 is 0 Å². The number of fused-ring (bicyclic) bond motifs is 18. The molecule has 5 heterocycles. The Bertz CT molecular complexity index is 4890. The second-order valence-corrected chi connectivity index (χ2v) is 37.7. The van der Waals surface area contributed by atoms with Crippen molar-refractivity contribution in [3.05, 3.63) is 323 Å². The number of pyridine rings is 5. The van der Waals surface area contributed by atoms with Crippen molar-refractivity contribution in [1.29, 1.82) is 0 Å². The fourth-order valence-corrected chi connectivity index (χ4v) is 18.3. The molecule has 7 aromatic carbocycles. The van der Waals surface area contributed by atoms with Crippen molar-refractivity contribution < 1.29 is 0 Å². The second-order valence-electron chi connectivity index (χ2n) is 37.7. The van der Waals surface area contributed by atoms with Crippen LogP contribution in [0.15, 0.2) is 189 Å². The van der Waals surface area contributed by atoms with Crippen molar-refractivity contribution in [1.82, 2.24) is 24.9 Å². The molecule has 0 spiro atoms. The summed E-state index contributed by atoms with van der Waals surface area (Å²) in [6.45, 7) is 78.5. The number of hydrogen-bond acceptors (Lipinski definition) is 5. The first-order chi connectivity index (χ1) is 56.8. The quantitative estimate of drug-likeness (QED) is 0.151. The highest BCUT2D eigenvalue weighted by molar-refractivity contribution is 5.84. The topological polar surface area (TPSA) is 64.5 Å². The molecule has 18 rings (SSSR count). The highest BCUT2D eigenvalue weighted by Gasteiger charge is 2.33. The lowest BCUT2D eigenvalue weighted by Gasteiger charge is -2.25. The Morgan fingerprint density at radius 1 is 0.218 bits per heavy atom. The fraction of sp³-hybridized carbons (Fsp3) is 0.437. The van der Waals surface area contributed by atoms with Gasteiger partial charge in [-0.1, -0.05) is 347 Å². The lowest BCUT2D eigenvalue weighted by molar-refractivity contribution is 0.585. The lowest BCUT2D eigenvalue weighted by Crippen LogP contribution is -2.15. The normalized spacial score (nSPS) is 11.9. The summed E-state index contributed by atoms with van der Waals surface area (Å²) in [6.07, 6.45) is 19.6. The molecule has 668 valence electrons. The number of aryl methyl sites for hydroxylation is 6. The number of benzene rings is 7. The molecule has 5 nitrogen and oxygen atoms in total. The molecular weight excluding hydrogens is 1500 g/mol. The van der Waals surface area contributed by atoms with Gasteiger partial charge in [-0.3, -0.25) is 24.9 Å². The summed E-state index contributed by atoms with van der Waals surface area (Å²) in [5, 5.41) is 0. The third-order valence-electron chi connectivity index (χ3n) is 22.9. The Labute approximate surface area is 759 Å². The number of hydrogen-bond donors (Lipinski definition) is 0. The van der Waals surface area contributed by atoms with Crippen LogP contribution in [0.25, 0.3) is 66.9 Å². The fourth-order valence-electron chi connectivity index (χ4n) is 18.3. The van der Waals surface area contributed by atoms with Gasteiger partial charge in [0.1, 0.15) is 0 Å². The van der Waals surface area contributed by atoms with Crippen molar-refractivity contribution in [2.75, 3.05) is 0 Å². The van der Waals surface area contributed by atoms with Crippen LogP contribution in [-0.2, 0) is 71.0 Å². The molecule has 0 N–H and O–H groups in total. The van der Waals surface area contributed by atoms with E-state index in [2.05, 4.69) is 318 Å². The molecule has 5 aromatic heterocycles. The third kappa shape index (κ3) is 24.5. The number of rotatable bonds is 0. The van der Waals surface area contributed by atoms with Crippen molar-refractivity contribution in [2.45, 2.75) is 350 Å². The van der Waals surface area contributed by atoms with E-state index < -0.39 is 0 Å². The summed E-state index contributed by atoms with van der Waals surface area (Å²) >= 11 is 0. The molecule has 0 radical (unpaired) electrons. The molecule has 0 aliphatic heterocycles. The van der Waals surface area contributed by atoms with E-state index >= 15 is 0 Å². The van der Waals surface area contributed by atoms with Crippen LogP contribution < -0.4 is 0 Å². The minimum atomic E-state index is 0. The first-order valence-corrected chi connectivity index (χ1v) is 45.4. The molecule has 0 unspecified atom stereocenters. The van der Waals surface area contributed by atoms with E-state index in [9.17, 15) is 0 Å². The largest absolute Gasteiger partial charge is 0.264 e. The van der Waals surface area contributed by atoms with Gasteiger partial charge in [0, 0.05) is 91.3 Å². The molecule has 6 aliphatic rings.